The van der Waals surface area contributed by atoms with E-state index in [9.17, 15) is 4.79 Å². The van der Waals surface area contributed by atoms with E-state index in [1.54, 1.807) is 7.11 Å². The standard InChI is InChI=1S/C17H24O2/c1-12-5-10-15(16(18)11-12)17(2,3)13-6-8-14(19-4)9-7-13/h6-9,12,15H,5,10-11H2,1-4H3/t12-,15+/m0/s1. The van der Waals surface area contributed by atoms with E-state index in [0.717, 1.165) is 25.0 Å². The molecule has 0 aromatic heterocycles. The maximum absolute atomic E-state index is 12.3. The largest absolute Gasteiger partial charge is 0.497 e. The number of hydrogen-bond donors (Lipinski definition) is 0. The summed E-state index contributed by atoms with van der Waals surface area (Å²) in [6, 6.07) is 8.13. The van der Waals surface area contributed by atoms with Crippen LogP contribution in [0.1, 0.15) is 45.6 Å². The Morgan fingerprint density at radius 1 is 1.16 bits per heavy atom. The Bertz CT molecular complexity index is 445. The summed E-state index contributed by atoms with van der Waals surface area (Å²) in [6.45, 7) is 6.55. The Morgan fingerprint density at radius 2 is 1.79 bits per heavy atom. The predicted octanol–water partition coefficient (Wildman–Crippen LogP) is 3.98. The first-order valence-electron chi connectivity index (χ1n) is 7.12. The zero-order valence-corrected chi connectivity index (χ0v) is 12.4. The summed E-state index contributed by atoms with van der Waals surface area (Å²) in [6.07, 6.45) is 2.92. The van der Waals surface area contributed by atoms with Gasteiger partial charge in [0.05, 0.1) is 7.11 Å². The number of carbonyl (C=O) groups excluding carboxylic acids is 1. The molecular formula is C17H24O2. The van der Waals surface area contributed by atoms with Gasteiger partial charge in [-0.05, 0) is 41.9 Å². The van der Waals surface area contributed by atoms with Crippen LogP contribution in [0, 0.1) is 11.8 Å². The molecule has 19 heavy (non-hydrogen) atoms. The van der Waals surface area contributed by atoms with E-state index in [-0.39, 0.29) is 11.3 Å². The molecule has 2 atom stereocenters. The Hall–Kier alpha value is -1.31. The highest BCUT2D eigenvalue weighted by atomic mass is 16.5. The molecule has 1 fully saturated rings. The van der Waals surface area contributed by atoms with Crippen LogP contribution in [0.4, 0.5) is 0 Å². The second-order valence-electron chi connectivity index (χ2n) is 6.36. The van der Waals surface area contributed by atoms with Gasteiger partial charge in [0.25, 0.3) is 0 Å². The summed E-state index contributed by atoms with van der Waals surface area (Å²) in [7, 11) is 1.67. The summed E-state index contributed by atoms with van der Waals surface area (Å²) in [4.78, 5) is 12.3. The molecule has 2 rings (SSSR count). The Kier molecular flexibility index (Phi) is 3.98. The lowest BCUT2D eigenvalue weighted by atomic mass is 9.65. The first kappa shape index (κ1) is 14.1. The van der Waals surface area contributed by atoms with Gasteiger partial charge in [0.2, 0.25) is 0 Å². The molecule has 0 amide bonds. The molecule has 0 heterocycles. The van der Waals surface area contributed by atoms with Gasteiger partial charge >= 0.3 is 0 Å². The van der Waals surface area contributed by atoms with Crippen LogP contribution in [0.3, 0.4) is 0 Å². The Balaban J connectivity index is 2.22. The molecule has 1 aliphatic rings. The van der Waals surface area contributed by atoms with Gasteiger partial charge in [-0.1, -0.05) is 32.9 Å². The number of benzene rings is 1. The second kappa shape index (κ2) is 5.36. The first-order valence-corrected chi connectivity index (χ1v) is 7.12. The molecule has 1 aromatic carbocycles. The monoisotopic (exact) mass is 260 g/mol. The van der Waals surface area contributed by atoms with Crippen LogP contribution in [0.5, 0.6) is 5.75 Å². The van der Waals surface area contributed by atoms with E-state index in [2.05, 4.69) is 32.9 Å². The predicted molar refractivity (Wildman–Crippen MR) is 77.5 cm³/mol. The van der Waals surface area contributed by atoms with Crippen molar-refractivity contribution in [3.05, 3.63) is 29.8 Å². The third-order valence-corrected chi connectivity index (χ3v) is 4.59. The lowest BCUT2D eigenvalue weighted by molar-refractivity contribution is -0.128. The fourth-order valence-corrected chi connectivity index (χ4v) is 3.19. The Labute approximate surface area is 116 Å². The molecule has 0 N–H and O–H groups in total. The summed E-state index contributed by atoms with van der Waals surface area (Å²) in [5.41, 5.74) is 1.13. The van der Waals surface area contributed by atoms with Crippen molar-refractivity contribution in [2.24, 2.45) is 11.8 Å². The van der Waals surface area contributed by atoms with Crippen molar-refractivity contribution in [3.63, 3.8) is 0 Å². The lowest BCUT2D eigenvalue weighted by Gasteiger charge is -2.38. The average Bonchev–Trinajstić information content (AvgIpc) is 2.38. The molecular weight excluding hydrogens is 236 g/mol. The summed E-state index contributed by atoms with van der Waals surface area (Å²) in [5, 5.41) is 0. The van der Waals surface area contributed by atoms with Crippen molar-refractivity contribution in [2.45, 2.75) is 45.4 Å². The zero-order valence-electron chi connectivity index (χ0n) is 12.4. The van der Waals surface area contributed by atoms with Crippen molar-refractivity contribution < 1.29 is 9.53 Å². The zero-order chi connectivity index (χ0) is 14.0. The molecule has 0 radical (unpaired) electrons. The van der Waals surface area contributed by atoms with Gasteiger partial charge in [-0.25, -0.2) is 0 Å². The molecule has 104 valence electrons. The third kappa shape index (κ3) is 2.83. The first-order chi connectivity index (χ1) is 8.95. The topological polar surface area (TPSA) is 26.3 Å². The van der Waals surface area contributed by atoms with E-state index in [4.69, 9.17) is 4.74 Å². The van der Waals surface area contributed by atoms with E-state index in [1.807, 2.05) is 12.1 Å². The van der Waals surface area contributed by atoms with Crippen LogP contribution in [-0.4, -0.2) is 12.9 Å². The SMILES string of the molecule is COc1ccc(C(C)(C)[C@@H]2CC[C@H](C)CC2=O)cc1. The summed E-state index contributed by atoms with van der Waals surface area (Å²) >= 11 is 0. The van der Waals surface area contributed by atoms with E-state index in [0.29, 0.717) is 11.7 Å². The van der Waals surface area contributed by atoms with Crippen LogP contribution >= 0.6 is 0 Å². The Morgan fingerprint density at radius 3 is 2.32 bits per heavy atom. The number of Topliss-reactive ketones (excluding diaryl/α,β-unsaturated/α-hetero) is 1. The molecule has 0 unspecified atom stereocenters. The minimum absolute atomic E-state index is 0.0938. The molecule has 0 aliphatic heterocycles. The minimum Gasteiger partial charge on any atom is -0.497 e. The maximum atomic E-state index is 12.3. The normalized spacial score (nSPS) is 24.3. The van der Waals surface area contributed by atoms with Crippen LogP contribution in [0.2, 0.25) is 0 Å². The van der Waals surface area contributed by atoms with E-state index < -0.39 is 0 Å². The molecule has 1 saturated carbocycles. The third-order valence-electron chi connectivity index (χ3n) is 4.59. The molecule has 2 nitrogen and oxygen atoms in total. The smallest absolute Gasteiger partial charge is 0.137 e. The van der Waals surface area contributed by atoms with Crippen molar-refractivity contribution >= 4 is 5.78 Å². The molecule has 1 aliphatic carbocycles. The van der Waals surface area contributed by atoms with Gasteiger partial charge in [0.15, 0.2) is 0 Å². The van der Waals surface area contributed by atoms with Crippen LogP contribution in [0.15, 0.2) is 24.3 Å². The lowest BCUT2D eigenvalue weighted by Crippen LogP contribution is -2.38. The fourth-order valence-electron chi connectivity index (χ4n) is 3.19. The number of ketones is 1. The van der Waals surface area contributed by atoms with Gasteiger partial charge in [-0.2, -0.15) is 0 Å². The van der Waals surface area contributed by atoms with Gasteiger partial charge in [0.1, 0.15) is 11.5 Å². The number of carbonyl (C=O) groups is 1. The summed E-state index contributed by atoms with van der Waals surface area (Å²) in [5.74, 6) is 2.00. The van der Waals surface area contributed by atoms with Crippen LogP contribution < -0.4 is 4.74 Å². The van der Waals surface area contributed by atoms with Gasteiger partial charge in [-0.15, -0.1) is 0 Å². The van der Waals surface area contributed by atoms with Crippen LogP contribution in [-0.2, 0) is 10.2 Å². The molecule has 1 aromatic rings. The highest BCUT2D eigenvalue weighted by Crippen LogP contribution is 2.40. The summed E-state index contributed by atoms with van der Waals surface area (Å²) < 4.78 is 5.20. The van der Waals surface area contributed by atoms with E-state index in [1.165, 1.54) is 5.56 Å². The van der Waals surface area contributed by atoms with E-state index >= 15 is 0 Å². The molecule has 2 heteroatoms. The highest BCUT2D eigenvalue weighted by Gasteiger charge is 2.38. The van der Waals surface area contributed by atoms with Gasteiger partial charge < -0.3 is 4.74 Å². The molecule has 0 bridgehead atoms. The van der Waals surface area contributed by atoms with Gasteiger partial charge in [0, 0.05) is 12.3 Å². The maximum Gasteiger partial charge on any atom is 0.137 e. The van der Waals surface area contributed by atoms with Crippen molar-refractivity contribution in [1.82, 2.24) is 0 Å². The fraction of sp³-hybridized carbons (Fsp3) is 0.588. The van der Waals surface area contributed by atoms with Gasteiger partial charge in [-0.3, -0.25) is 4.79 Å². The highest BCUT2D eigenvalue weighted by molar-refractivity contribution is 5.83. The quantitative estimate of drug-likeness (QED) is 0.821. The minimum atomic E-state index is -0.0938. The van der Waals surface area contributed by atoms with Crippen LogP contribution in [0.25, 0.3) is 0 Å². The average molecular weight is 260 g/mol. The van der Waals surface area contributed by atoms with Crippen molar-refractivity contribution in [3.8, 4) is 5.75 Å². The number of ether oxygens (including phenoxy) is 1. The number of methoxy groups -OCH3 is 1. The molecule has 0 spiro atoms. The van der Waals surface area contributed by atoms with Crippen molar-refractivity contribution in [1.29, 1.82) is 0 Å². The second-order valence-corrected chi connectivity index (χ2v) is 6.36. The molecule has 0 saturated heterocycles. The number of rotatable bonds is 3. The number of hydrogen-bond acceptors (Lipinski definition) is 2. The van der Waals surface area contributed by atoms with Crippen molar-refractivity contribution in [2.75, 3.05) is 7.11 Å².